The number of halogens is 3. The van der Waals surface area contributed by atoms with Crippen molar-refractivity contribution in [3.05, 3.63) is 0 Å². The van der Waals surface area contributed by atoms with Crippen LogP contribution in [-0.2, 0) is 4.79 Å². The van der Waals surface area contributed by atoms with Gasteiger partial charge in [0.15, 0.2) is 0 Å². The van der Waals surface area contributed by atoms with E-state index in [-0.39, 0.29) is 18.5 Å². The number of nitrogens with two attached hydrogens (primary N) is 1. The SMILES string of the molecule is CCCC(C)(N)C(=O)N1CCN(CC(F)(F)F)C(C)C1. The first-order valence-corrected chi connectivity index (χ1v) is 6.96. The second kappa shape index (κ2) is 6.30. The largest absolute Gasteiger partial charge is 0.401 e. The fraction of sp³-hybridized carbons (Fsp3) is 0.923. The highest BCUT2D eigenvalue weighted by atomic mass is 19.4. The zero-order valence-electron chi connectivity index (χ0n) is 12.3. The summed E-state index contributed by atoms with van der Waals surface area (Å²) in [7, 11) is 0. The maximum atomic E-state index is 12.4. The number of carbonyl (C=O) groups is 1. The summed E-state index contributed by atoms with van der Waals surface area (Å²) in [6.07, 6.45) is -2.84. The van der Waals surface area contributed by atoms with Crippen LogP contribution in [-0.4, -0.2) is 59.6 Å². The molecular formula is C13H24F3N3O. The van der Waals surface area contributed by atoms with Crippen molar-refractivity contribution in [1.82, 2.24) is 9.80 Å². The molecule has 0 radical (unpaired) electrons. The van der Waals surface area contributed by atoms with Gasteiger partial charge in [0, 0.05) is 25.7 Å². The third kappa shape index (κ3) is 4.63. The van der Waals surface area contributed by atoms with Gasteiger partial charge in [0.05, 0.1) is 12.1 Å². The summed E-state index contributed by atoms with van der Waals surface area (Å²) in [6, 6.07) is -0.313. The Balaban J connectivity index is 2.61. The first kappa shape index (κ1) is 17.2. The Morgan fingerprint density at radius 1 is 1.35 bits per heavy atom. The van der Waals surface area contributed by atoms with E-state index in [0.29, 0.717) is 19.5 Å². The molecule has 0 aromatic carbocycles. The fourth-order valence-electron chi connectivity index (χ4n) is 2.63. The van der Waals surface area contributed by atoms with Crippen molar-refractivity contribution in [2.75, 3.05) is 26.2 Å². The standard InChI is InChI=1S/C13H24F3N3O/c1-4-5-12(3,17)11(20)18-6-7-19(10(2)8-18)9-13(14,15)16/h10H,4-9,17H2,1-3H3. The van der Waals surface area contributed by atoms with E-state index in [0.717, 1.165) is 6.42 Å². The first-order chi connectivity index (χ1) is 9.07. The van der Waals surface area contributed by atoms with Crippen LogP contribution in [0.25, 0.3) is 0 Å². The predicted octanol–water partition coefficient (Wildman–Crippen LogP) is 1.60. The van der Waals surface area contributed by atoms with Crippen LogP contribution < -0.4 is 5.73 Å². The number of alkyl halides is 3. The molecule has 0 aromatic heterocycles. The Kier molecular flexibility index (Phi) is 5.43. The molecule has 1 rings (SSSR count). The van der Waals surface area contributed by atoms with E-state index in [1.54, 1.807) is 18.7 Å². The van der Waals surface area contributed by atoms with Crippen LogP contribution in [0, 0.1) is 0 Å². The summed E-state index contributed by atoms with van der Waals surface area (Å²) in [5, 5.41) is 0. The quantitative estimate of drug-likeness (QED) is 0.857. The summed E-state index contributed by atoms with van der Waals surface area (Å²) in [5.74, 6) is -0.169. The lowest BCUT2D eigenvalue weighted by Crippen LogP contribution is -2.61. The van der Waals surface area contributed by atoms with Gasteiger partial charge >= 0.3 is 6.18 Å². The zero-order chi connectivity index (χ0) is 15.6. The van der Waals surface area contributed by atoms with Gasteiger partial charge in [-0.25, -0.2) is 0 Å². The molecule has 4 nitrogen and oxygen atoms in total. The molecule has 2 atom stereocenters. The lowest BCUT2D eigenvalue weighted by molar-refractivity contribution is -0.158. The van der Waals surface area contributed by atoms with Crippen molar-refractivity contribution >= 4 is 5.91 Å². The minimum atomic E-state index is -4.20. The highest BCUT2D eigenvalue weighted by Gasteiger charge is 2.38. The third-order valence-corrected chi connectivity index (χ3v) is 3.69. The number of amides is 1. The topological polar surface area (TPSA) is 49.6 Å². The third-order valence-electron chi connectivity index (χ3n) is 3.69. The molecule has 1 saturated heterocycles. The lowest BCUT2D eigenvalue weighted by atomic mass is 9.95. The summed E-state index contributed by atoms with van der Waals surface area (Å²) in [6.45, 7) is 5.24. The predicted molar refractivity (Wildman–Crippen MR) is 71.2 cm³/mol. The molecule has 20 heavy (non-hydrogen) atoms. The van der Waals surface area contributed by atoms with Crippen molar-refractivity contribution in [1.29, 1.82) is 0 Å². The van der Waals surface area contributed by atoms with Gasteiger partial charge in [-0.2, -0.15) is 13.2 Å². The molecule has 1 heterocycles. The first-order valence-electron chi connectivity index (χ1n) is 6.96. The summed E-state index contributed by atoms with van der Waals surface area (Å²) < 4.78 is 37.2. The summed E-state index contributed by atoms with van der Waals surface area (Å²) in [4.78, 5) is 15.3. The van der Waals surface area contributed by atoms with E-state index < -0.39 is 18.3 Å². The maximum Gasteiger partial charge on any atom is 0.401 e. The van der Waals surface area contributed by atoms with Crippen molar-refractivity contribution in [2.45, 2.75) is 51.4 Å². The van der Waals surface area contributed by atoms with Crippen LogP contribution in [0.3, 0.4) is 0 Å². The minimum Gasteiger partial charge on any atom is -0.338 e. The van der Waals surface area contributed by atoms with Gasteiger partial charge in [-0.15, -0.1) is 0 Å². The van der Waals surface area contributed by atoms with E-state index in [4.69, 9.17) is 5.73 Å². The Hall–Kier alpha value is -0.820. The Morgan fingerprint density at radius 3 is 2.40 bits per heavy atom. The molecular weight excluding hydrogens is 271 g/mol. The number of nitrogens with zero attached hydrogens (tertiary/aromatic N) is 2. The zero-order valence-corrected chi connectivity index (χ0v) is 12.3. The number of rotatable bonds is 4. The monoisotopic (exact) mass is 295 g/mol. The molecule has 0 spiro atoms. The van der Waals surface area contributed by atoms with Crippen LogP contribution >= 0.6 is 0 Å². The van der Waals surface area contributed by atoms with Crippen LogP contribution in [0.4, 0.5) is 13.2 Å². The van der Waals surface area contributed by atoms with Crippen LogP contribution in [0.5, 0.6) is 0 Å². The van der Waals surface area contributed by atoms with Gasteiger partial charge in [0.1, 0.15) is 0 Å². The molecule has 2 unspecified atom stereocenters. The van der Waals surface area contributed by atoms with E-state index in [2.05, 4.69) is 0 Å². The molecule has 1 aliphatic rings. The highest BCUT2D eigenvalue weighted by molar-refractivity contribution is 5.85. The maximum absolute atomic E-state index is 12.4. The van der Waals surface area contributed by atoms with E-state index in [1.807, 2.05) is 6.92 Å². The molecule has 0 saturated carbocycles. The molecule has 0 aromatic rings. The van der Waals surface area contributed by atoms with Gasteiger partial charge in [0.25, 0.3) is 0 Å². The average Bonchev–Trinajstić information content (AvgIpc) is 2.29. The normalized spacial score (nSPS) is 24.6. The lowest BCUT2D eigenvalue weighted by Gasteiger charge is -2.42. The smallest absolute Gasteiger partial charge is 0.338 e. The number of hydrogen-bond donors (Lipinski definition) is 1. The van der Waals surface area contributed by atoms with Gasteiger partial charge < -0.3 is 10.6 Å². The molecule has 0 bridgehead atoms. The summed E-state index contributed by atoms with van der Waals surface area (Å²) in [5.41, 5.74) is 5.07. The van der Waals surface area contributed by atoms with Gasteiger partial charge in [-0.3, -0.25) is 9.69 Å². The van der Waals surface area contributed by atoms with Crippen molar-refractivity contribution in [3.8, 4) is 0 Å². The Labute approximate surface area is 118 Å². The molecule has 1 fully saturated rings. The van der Waals surface area contributed by atoms with E-state index >= 15 is 0 Å². The Morgan fingerprint density at radius 2 is 1.95 bits per heavy atom. The van der Waals surface area contributed by atoms with Crippen LogP contribution in [0.15, 0.2) is 0 Å². The molecule has 118 valence electrons. The fourth-order valence-corrected chi connectivity index (χ4v) is 2.63. The van der Waals surface area contributed by atoms with E-state index in [1.165, 1.54) is 4.90 Å². The number of piperazine rings is 1. The molecule has 1 aliphatic heterocycles. The van der Waals surface area contributed by atoms with Crippen molar-refractivity contribution in [2.24, 2.45) is 5.73 Å². The number of hydrogen-bond acceptors (Lipinski definition) is 3. The molecule has 7 heteroatoms. The van der Waals surface area contributed by atoms with Crippen molar-refractivity contribution in [3.63, 3.8) is 0 Å². The highest BCUT2D eigenvalue weighted by Crippen LogP contribution is 2.22. The Bertz CT molecular complexity index is 344. The molecule has 1 amide bonds. The average molecular weight is 295 g/mol. The summed E-state index contributed by atoms with van der Waals surface area (Å²) >= 11 is 0. The number of carbonyl (C=O) groups excluding carboxylic acids is 1. The second-order valence-electron chi connectivity index (χ2n) is 5.85. The van der Waals surface area contributed by atoms with E-state index in [9.17, 15) is 18.0 Å². The second-order valence-corrected chi connectivity index (χ2v) is 5.85. The van der Waals surface area contributed by atoms with Crippen LogP contribution in [0.1, 0.15) is 33.6 Å². The van der Waals surface area contributed by atoms with Crippen LogP contribution in [0.2, 0.25) is 0 Å². The van der Waals surface area contributed by atoms with Gasteiger partial charge in [0.2, 0.25) is 5.91 Å². The molecule has 2 N–H and O–H groups in total. The van der Waals surface area contributed by atoms with Crippen molar-refractivity contribution < 1.29 is 18.0 Å². The van der Waals surface area contributed by atoms with Gasteiger partial charge in [-0.1, -0.05) is 13.3 Å². The minimum absolute atomic E-state index is 0.169. The van der Waals surface area contributed by atoms with Gasteiger partial charge in [-0.05, 0) is 20.3 Å². The molecule has 0 aliphatic carbocycles.